The summed E-state index contributed by atoms with van der Waals surface area (Å²) in [6.45, 7) is 2.55. The molecule has 2 aliphatic carbocycles. The van der Waals surface area contributed by atoms with Crippen molar-refractivity contribution in [3.05, 3.63) is 35.4 Å². The lowest BCUT2D eigenvalue weighted by molar-refractivity contribution is -0.122. The predicted octanol–water partition coefficient (Wildman–Crippen LogP) is 2.56. The molecule has 0 aromatic heterocycles. The molecule has 0 radical (unpaired) electrons. The first-order valence-electron chi connectivity index (χ1n) is 8.21. The molecule has 2 aliphatic rings. The van der Waals surface area contributed by atoms with Gasteiger partial charge in [0.15, 0.2) is 0 Å². The summed E-state index contributed by atoms with van der Waals surface area (Å²) in [7, 11) is 0. The van der Waals surface area contributed by atoms with Crippen molar-refractivity contribution >= 4 is 5.91 Å². The quantitative estimate of drug-likeness (QED) is 0.874. The lowest BCUT2D eigenvalue weighted by atomic mass is 9.78. The lowest BCUT2D eigenvalue weighted by Crippen LogP contribution is -2.32. The van der Waals surface area contributed by atoms with Crippen molar-refractivity contribution in [3.63, 3.8) is 0 Å². The molecule has 0 saturated heterocycles. The van der Waals surface area contributed by atoms with Crippen LogP contribution in [0.2, 0.25) is 0 Å². The maximum absolute atomic E-state index is 12.4. The summed E-state index contributed by atoms with van der Waals surface area (Å²) in [5.41, 5.74) is 2.95. The van der Waals surface area contributed by atoms with E-state index in [9.17, 15) is 9.90 Å². The van der Waals surface area contributed by atoms with E-state index in [4.69, 9.17) is 0 Å². The zero-order valence-electron chi connectivity index (χ0n) is 12.8. The largest absolute Gasteiger partial charge is 0.393 e. The van der Waals surface area contributed by atoms with E-state index in [-0.39, 0.29) is 23.3 Å². The highest BCUT2D eigenvalue weighted by atomic mass is 16.3. The third-order valence-electron chi connectivity index (χ3n) is 5.26. The number of carbonyl (C=O) groups excluding carboxylic acids is 1. The molecule has 1 amide bonds. The Kier molecular flexibility index (Phi) is 4.03. The minimum Gasteiger partial charge on any atom is -0.393 e. The first-order chi connectivity index (χ1) is 10.2. The van der Waals surface area contributed by atoms with Gasteiger partial charge in [-0.25, -0.2) is 0 Å². The summed E-state index contributed by atoms with van der Waals surface area (Å²) < 4.78 is 0. The van der Waals surface area contributed by atoms with Crippen LogP contribution in [0.3, 0.4) is 0 Å². The van der Waals surface area contributed by atoms with Crippen molar-refractivity contribution in [2.45, 2.75) is 57.0 Å². The van der Waals surface area contributed by atoms with Gasteiger partial charge in [-0.2, -0.15) is 0 Å². The van der Waals surface area contributed by atoms with Gasteiger partial charge >= 0.3 is 0 Å². The molecule has 1 aromatic carbocycles. The van der Waals surface area contributed by atoms with E-state index < -0.39 is 0 Å². The minimum atomic E-state index is -0.297. The summed E-state index contributed by atoms with van der Waals surface area (Å²) in [6, 6.07) is 8.61. The number of hydrogen-bond acceptors (Lipinski definition) is 2. The summed E-state index contributed by atoms with van der Waals surface area (Å²) in [5.74, 6) is 0.313. The number of hydrogen-bond donors (Lipinski definition) is 2. The second-order valence-corrected chi connectivity index (χ2v) is 6.57. The SMILES string of the molecule is CCC(O)CCNC(=O)C1CC12CCCc1ccccc12. The van der Waals surface area contributed by atoms with Gasteiger partial charge in [0.05, 0.1) is 6.10 Å². The van der Waals surface area contributed by atoms with Gasteiger partial charge < -0.3 is 10.4 Å². The van der Waals surface area contributed by atoms with Crippen LogP contribution in [0.1, 0.15) is 50.2 Å². The van der Waals surface area contributed by atoms with Gasteiger partial charge in [0, 0.05) is 17.9 Å². The van der Waals surface area contributed by atoms with Crippen molar-refractivity contribution in [1.29, 1.82) is 0 Å². The summed E-state index contributed by atoms with van der Waals surface area (Å²) >= 11 is 0. The molecule has 1 aromatic rings. The van der Waals surface area contributed by atoms with Crippen LogP contribution in [-0.2, 0) is 16.6 Å². The second-order valence-electron chi connectivity index (χ2n) is 6.57. The molecule has 3 rings (SSSR count). The summed E-state index contributed by atoms with van der Waals surface area (Å²) in [5, 5.41) is 12.6. The Bertz CT molecular complexity index is 528. The molecule has 1 spiro atoms. The van der Waals surface area contributed by atoms with Gasteiger partial charge in [0.25, 0.3) is 0 Å². The number of nitrogens with one attached hydrogen (secondary N) is 1. The second kappa shape index (κ2) is 5.80. The van der Waals surface area contributed by atoms with Crippen molar-refractivity contribution in [3.8, 4) is 0 Å². The Hall–Kier alpha value is -1.35. The third kappa shape index (κ3) is 2.71. The summed E-state index contributed by atoms with van der Waals surface area (Å²) in [4.78, 5) is 12.4. The molecule has 114 valence electrons. The Labute approximate surface area is 126 Å². The first kappa shape index (κ1) is 14.6. The van der Waals surface area contributed by atoms with Gasteiger partial charge in [-0.3, -0.25) is 4.79 Å². The van der Waals surface area contributed by atoms with Crippen molar-refractivity contribution in [1.82, 2.24) is 5.32 Å². The number of aliphatic hydroxyl groups excluding tert-OH is 1. The molecular formula is C18H25NO2. The zero-order valence-corrected chi connectivity index (χ0v) is 12.8. The predicted molar refractivity (Wildman–Crippen MR) is 83.1 cm³/mol. The standard InChI is InChI=1S/C18H25NO2/c1-2-14(20)9-11-19-17(21)16-12-18(16)10-5-7-13-6-3-4-8-15(13)18/h3-4,6,8,14,16,20H,2,5,7,9-12H2,1H3,(H,19,21). The maximum Gasteiger partial charge on any atom is 0.224 e. The molecule has 0 aliphatic heterocycles. The summed E-state index contributed by atoms with van der Waals surface area (Å²) in [6.07, 6.45) is 5.57. The topological polar surface area (TPSA) is 49.3 Å². The number of aryl methyl sites for hydroxylation is 1. The number of benzene rings is 1. The van der Waals surface area contributed by atoms with Crippen LogP contribution in [0.15, 0.2) is 24.3 Å². The molecule has 3 heteroatoms. The number of fused-ring (bicyclic) bond motifs is 2. The van der Waals surface area contributed by atoms with E-state index in [0.29, 0.717) is 13.0 Å². The molecule has 1 saturated carbocycles. The molecule has 1 fully saturated rings. The average molecular weight is 287 g/mol. The monoisotopic (exact) mass is 287 g/mol. The highest BCUT2D eigenvalue weighted by Crippen LogP contribution is 2.60. The van der Waals surface area contributed by atoms with Crippen molar-refractivity contribution in [2.75, 3.05) is 6.54 Å². The highest BCUT2D eigenvalue weighted by molar-refractivity contribution is 5.84. The zero-order chi connectivity index (χ0) is 14.9. The van der Waals surface area contributed by atoms with Crippen LogP contribution < -0.4 is 5.32 Å². The average Bonchev–Trinajstić information content (AvgIpc) is 3.22. The fraction of sp³-hybridized carbons (Fsp3) is 0.611. The number of carbonyl (C=O) groups is 1. The Morgan fingerprint density at radius 3 is 3.10 bits per heavy atom. The Morgan fingerprint density at radius 2 is 2.29 bits per heavy atom. The smallest absolute Gasteiger partial charge is 0.224 e. The lowest BCUT2D eigenvalue weighted by Gasteiger charge is -2.26. The molecule has 0 heterocycles. The van der Waals surface area contributed by atoms with Crippen LogP contribution in [0.25, 0.3) is 0 Å². The maximum atomic E-state index is 12.4. The van der Waals surface area contributed by atoms with Crippen LogP contribution in [0.4, 0.5) is 0 Å². The molecular weight excluding hydrogens is 262 g/mol. The van der Waals surface area contributed by atoms with Gasteiger partial charge in [-0.1, -0.05) is 31.2 Å². The highest BCUT2D eigenvalue weighted by Gasteiger charge is 2.59. The van der Waals surface area contributed by atoms with Crippen LogP contribution in [-0.4, -0.2) is 23.7 Å². The molecule has 2 N–H and O–H groups in total. The van der Waals surface area contributed by atoms with Gasteiger partial charge in [0.1, 0.15) is 0 Å². The number of aliphatic hydroxyl groups is 1. The number of rotatable bonds is 5. The normalized spacial score (nSPS) is 28.0. The van der Waals surface area contributed by atoms with E-state index in [2.05, 4.69) is 29.6 Å². The molecule has 3 atom stereocenters. The van der Waals surface area contributed by atoms with Crippen molar-refractivity contribution in [2.24, 2.45) is 5.92 Å². The van der Waals surface area contributed by atoms with Gasteiger partial charge in [0.2, 0.25) is 5.91 Å². The van der Waals surface area contributed by atoms with Crippen LogP contribution >= 0.6 is 0 Å². The molecule has 0 bridgehead atoms. The fourth-order valence-electron chi connectivity index (χ4n) is 3.87. The van der Waals surface area contributed by atoms with Gasteiger partial charge in [-0.15, -0.1) is 0 Å². The van der Waals surface area contributed by atoms with Crippen molar-refractivity contribution < 1.29 is 9.90 Å². The molecule has 3 unspecified atom stereocenters. The minimum absolute atomic E-state index is 0.113. The molecule has 21 heavy (non-hydrogen) atoms. The fourth-order valence-corrected chi connectivity index (χ4v) is 3.87. The first-order valence-corrected chi connectivity index (χ1v) is 8.21. The van der Waals surface area contributed by atoms with Gasteiger partial charge in [-0.05, 0) is 49.7 Å². The molecule has 3 nitrogen and oxygen atoms in total. The van der Waals surface area contributed by atoms with Crippen LogP contribution in [0, 0.1) is 5.92 Å². The van der Waals surface area contributed by atoms with E-state index in [0.717, 1.165) is 25.7 Å². The van der Waals surface area contributed by atoms with E-state index in [1.165, 1.54) is 17.5 Å². The number of amides is 1. The van der Waals surface area contributed by atoms with E-state index in [1.807, 2.05) is 6.92 Å². The third-order valence-corrected chi connectivity index (χ3v) is 5.26. The van der Waals surface area contributed by atoms with E-state index in [1.54, 1.807) is 0 Å². The Balaban J connectivity index is 1.62. The van der Waals surface area contributed by atoms with Crippen LogP contribution in [0.5, 0.6) is 0 Å². The van der Waals surface area contributed by atoms with E-state index >= 15 is 0 Å². The Morgan fingerprint density at radius 1 is 1.48 bits per heavy atom.